The maximum absolute atomic E-state index is 14.0. The van der Waals surface area contributed by atoms with Crippen LogP contribution in [-0.4, -0.2) is 24.3 Å². The predicted octanol–water partition coefficient (Wildman–Crippen LogP) is 4.27. The minimum atomic E-state index is -0.642. The number of ketones is 1. The maximum atomic E-state index is 14.0. The zero-order valence-corrected chi connectivity index (χ0v) is 15.8. The number of amides is 1. The zero-order valence-electron chi connectivity index (χ0n) is 15.0. The summed E-state index contributed by atoms with van der Waals surface area (Å²) in [6.07, 6.45) is 0.940. The van der Waals surface area contributed by atoms with Crippen molar-refractivity contribution in [1.82, 2.24) is 0 Å². The number of rotatable bonds is 4. The summed E-state index contributed by atoms with van der Waals surface area (Å²) in [5.41, 5.74) is 2.52. The molecule has 2 heterocycles. The molecule has 1 aliphatic rings. The molecule has 0 bridgehead atoms. The van der Waals surface area contributed by atoms with Crippen molar-refractivity contribution in [1.29, 1.82) is 0 Å². The number of Topliss-reactive ketones (excluding diaryl/α,β-unsaturated/α-hetero) is 1. The summed E-state index contributed by atoms with van der Waals surface area (Å²) in [5, 5.41) is 3.16. The van der Waals surface area contributed by atoms with Crippen LogP contribution in [0.25, 0.3) is 10.1 Å². The average molecular weight is 397 g/mol. The van der Waals surface area contributed by atoms with Crippen molar-refractivity contribution in [2.45, 2.75) is 19.8 Å². The van der Waals surface area contributed by atoms with Crippen LogP contribution in [0.15, 0.2) is 36.4 Å². The Labute approximate surface area is 164 Å². The molecule has 0 fully saturated rings. The van der Waals surface area contributed by atoms with Crippen LogP contribution in [0, 0.1) is 12.7 Å². The quantitative estimate of drug-likeness (QED) is 0.527. The lowest BCUT2D eigenvalue weighted by Gasteiger charge is -2.17. The summed E-state index contributed by atoms with van der Waals surface area (Å²) < 4.78 is 19.8. The lowest BCUT2D eigenvalue weighted by atomic mass is 9.99. The van der Waals surface area contributed by atoms with Crippen LogP contribution in [0.3, 0.4) is 0 Å². The topological polar surface area (TPSA) is 72.5 Å². The highest BCUT2D eigenvalue weighted by atomic mass is 32.1. The van der Waals surface area contributed by atoms with Crippen molar-refractivity contribution >= 4 is 44.8 Å². The number of carbonyl (C=O) groups excluding carboxylic acids is 3. The largest absolute Gasteiger partial charge is 0.453 e. The standard InChI is InChI=1S/C21H16FNO4S/c1-11-19-14(22)3-2-4-17(19)28-20(11)21(26)27-10-16(24)13-5-7-15-12(9-13)6-8-18(25)23-15/h2-5,7,9H,6,8,10H2,1H3,(H,23,25). The van der Waals surface area contributed by atoms with E-state index in [9.17, 15) is 18.8 Å². The van der Waals surface area contributed by atoms with Crippen LogP contribution in [0.5, 0.6) is 0 Å². The molecule has 0 radical (unpaired) electrons. The van der Waals surface area contributed by atoms with Crippen molar-refractivity contribution in [2.75, 3.05) is 11.9 Å². The van der Waals surface area contributed by atoms with E-state index < -0.39 is 12.6 Å². The van der Waals surface area contributed by atoms with E-state index in [0.29, 0.717) is 44.6 Å². The summed E-state index contributed by atoms with van der Waals surface area (Å²) in [7, 11) is 0. The van der Waals surface area contributed by atoms with Crippen LogP contribution in [0.4, 0.5) is 10.1 Å². The Morgan fingerprint density at radius 3 is 2.82 bits per heavy atom. The molecule has 1 aromatic heterocycles. The van der Waals surface area contributed by atoms with Gasteiger partial charge < -0.3 is 10.1 Å². The number of nitrogens with one attached hydrogen (secondary N) is 1. The van der Waals surface area contributed by atoms with Gasteiger partial charge in [0.25, 0.3) is 0 Å². The minimum Gasteiger partial charge on any atom is -0.453 e. The molecule has 0 saturated carbocycles. The number of ether oxygens (including phenoxy) is 1. The van der Waals surface area contributed by atoms with Crippen molar-refractivity contribution in [3.05, 3.63) is 63.8 Å². The maximum Gasteiger partial charge on any atom is 0.349 e. The summed E-state index contributed by atoms with van der Waals surface area (Å²) in [4.78, 5) is 36.5. The molecule has 1 N–H and O–H groups in total. The van der Waals surface area contributed by atoms with E-state index in [1.165, 1.54) is 6.07 Å². The molecule has 0 saturated heterocycles. The van der Waals surface area contributed by atoms with Gasteiger partial charge >= 0.3 is 5.97 Å². The number of fused-ring (bicyclic) bond motifs is 2. The summed E-state index contributed by atoms with van der Waals surface area (Å²) >= 11 is 1.15. The van der Waals surface area contributed by atoms with Crippen LogP contribution in [-0.2, 0) is 16.0 Å². The first-order valence-electron chi connectivity index (χ1n) is 8.75. The van der Waals surface area contributed by atoms with Crippen LogP contribution in [0.1, 0.15) is 37.6 Å². The molecule has 1 amide bonds. The Balaban J connectivity index is 1.48. The van der Waals surface area contributed by atoms with Crippen LogP contribution in [0.2, 0.25) is 0 Å². The predicted molar refractivity (Wildman–Crippen MR) is 105 cm³/mol. The number of anilines is 1. The van der Waals surface area contributed by atoms with Gasteiger partial charge in [-0.2, -0.15) is 0 Å². The number of hydrogen-bond donors (Lipinski definition) is 1. The molecular formula is C21H16FNO4S. The van der Waals surface area contributed by atoms with Gasteiger partial charge in [0, 0.05) is 27.8 Å². The second kappa shape index (κ2) is 7.16. The highest BCUT2D eigenvalue weighted by Gasteiger charge is 2.21. The Bertz CT molecular complexity index is 1130. The van der Waals surface area contributed by atoms with Crippen molar-refractivity contribution in [3.8, 4) is 0 Å². The Hall–Kier alpha value is -3.06. The van der Waals surface area contributed by atoms with E-state index in [0.717, 1.165) is 16.9 Å². The first-order chi connectivity index (χ1) is 13.4. The number of hydrogen-bond acceptors (Lipinski definition) is 5. The molecule has 28 heavy (non-hydrogen) atoms. The smallest absolute Gasteiger partial charge is 0.349 e. The number of carbonyl (C=O) groups is 3. The van der Waals surface area contributed by atoms with Gasteiger partial charge in [0.1, 0.15) is 10.7 Å². The second-order valence-corrected chi connectivity index (χ2v) is 7.64. The van der Waals surface area contributed by atoms with E-state index in [1.807, 2.05) is 0 Å². The lowest BCUT2D eigenvalue weighted by molar-refractivity contribution is -0.116. The molecule has 142 valence electrons. The molecule has 4 rings (SSSR count). The fourth-order valence-electron chi connectivity index (χ4n) is 3.28. The molecule has 0 unspecified atom stereocenters. The van der Waals surface area contributed by atoms with E-state index in [2.05, 4.69) is 5.32 Å². The van der Waals surface area contributed by atoms with Gasteiger partial charge in [0.05, 0.1) is 0 Å². The number of thiophene rings is 1. The van der Waals surface area contributed by atoms with Gasteiger partial charge in [0.2, 0.25) is 5.91 Å². The molecule has 0 atom stereocenters. The summed E-state index contributed by atoms with van der Waals surface area (Å²) in [6, 6.07) is 9.67. The Morgan fingerprint density at radius 1 is 1.21 bits per heavy atom. The zero-order chi connectivity index (χ0) is 19.8. The molecule has 3 aromatic rings. The SMILES string of the molecule is Cc1c(C(=O)OCC(=O)c2ccc3c(c2)CCC(=O)N3)sc2cccc(F)c12. The highest BCUT2D eigenvalue weighted by molar-refractivity contribution is 7.21. The Morgan fingerprint density at radius 2 is 2.04 bits per heavy atom. The number of halogens is 1. The Kier molecular flexibility index (Phi) is 4.68. The van der Waals surface area contributed by atoms with E-state index >= 15 is 0 Å². The first-order valence-corrected chi connectivity index (χ1v) is 9.56. The number of benzene rings is 2. The molecule has 0 aliphatic carbocycles. The van der Waals surface area contributed by atoms with Crippen molar-refractivity contribution in [3.63, 3.8) is 0 Å². The third-order valence-electron chi connectivity index (χ3n) is 4.75. The molecular weight excluding hydrogens is 381 g/mol. The third-order valence-corrected chi connectivity index (χ3v) is 5.98. The second-order valence-electron chi connectivity index (χ2n) is 6.59. The molecule has 0 spiro atoms. The summed E-state index contributed by atoms with van der Waals surface area (Å²) in [5.74, 6) is -1.41. The molecule has 2 aromatic carbocycles. The van der Waals surface area contributed by atoms with Crippen LogP contribution < -0.4 is 5.32 Å². The van der Waals surface area contributed by atoms with Gasteiger partial charge in [-0.25, -0.2) is 9.18 Å². The fraction of sp³-hybridized carbons (Fsp3) is 0.190. The van der Waals surface area contributed by atoms with Gasteiger partial charge in [-0.05, 0) is 54.8 Å². The highest BCUT2D eigenvalue weighted by Crippen LogP contribution is 2.33. The number of esters is 1. The van der Waals surface area contributed by atoms with Gasteiger partial charge in [-0.1, -0.05) is 6.07 Å². The van der Waals surface area contributed by atoms with Gasteiger partial charge in [-0.3, -0.25) is 9.59 Å². The molecule has 5 nitrogen and oxygen atoms in total. The van der Waals surface area contributed by atoms with Crippen LogP contribution >= 0.6 is 11.3 Å². The van der Waals surface area contributed by atoms with Gasteiger partial charge in [0.15, 0.2) is 12.4 Å². The average Bonchev–Trinajstić information content (AvgIpc) is 3.03. The first kappa shape index (κ1) is 18.3. The molecule has 7 heteroatoms. The van der Waals surface area contributed by atoms with Gasteiger partial charge in [-0.15, -0.1) is 11.3 Å². The van der Waals surface area contributed by atoms with E-state index in [1.54, 1.807) is 37.3 Å². The number of aryl methyl sites for hydroxylation is 2. The third kappa shape index (κ3) is 3.29. The summed E-state index contributed by atoms with van der Waals surface area (Å²) in [6.45, 7) is 1.26. The fourth-order valence-corrected chi connectivity index (χ4v) is 4.40. The van der Waals surface area contributed by atoms with E-state index in [-0.39, 0.29) is 17.5 Å². The lowest BCUT2D eigenvalue weighted by Crippen LogP contribution is -2.20. The van der Waals surface area contributed by atoms with Crippen molar-refractivity contribution in [2.24, 2.45) is 0 Å². The normalized spacial score (nSPS) is 13.1. The van der Waals surface area contributed by atoms with Crippen molar-refractivity contribution < 1.29 is 23.5 Å². The monoisotopic (exact) mass is 397 g/mol. The minimum absolute atomic E-state index is 0.0457. The molecule has 1 aliphatic heterocycles. The van der Waals surface area contributed by atoms with E-state index in [4.69, 9.17) is 4.74 Å².